The Balaban J connectivity index is 1.85. The fourth-order valence-electron chi connectivity index (χ4n) is 2.42. The van der Waals surface area contributed by atoms with E-state index in [0.29, 0.717) is 24.1 Å². The fraction of sp³-hybridized carbons (Fsp3) is 0.222. The molecule has 0 N–H and O–H groups in total. The Bertz CT molecular complexity index is 843. The summed E-state index contributed by atoms with van der Waals surface area (Å²) in [6.45, 7) is 2.51. The monoisotopic (exact) mass is 344 g/mol. The largest absolute Gasteiger partial charge is 0.464 e. The minimum absolute atomic E-state index is 0.157. The van der Waals surface area contributed by atoms with E-state index in [2.05, 4.69) is 5.10 Å². The Morgan fingerprint density at radius 3 is 2.67 bits per heavy atom. The van der Waals surface area contributed by atoms with E-state index in [1.54, 1.807) is 6.92 Å². The van der Waals surface area contributed by atoms with E-state index in [-0.39, 0.29) is 6.61 Å². The fourth-order valence-corrected chi connectivity index (χ4v) is 2.54. The third-order valence-electron chi connectivity index (χ3n) is 3.50. The van der Waals surface area contributed by atoms with Crippen molar-refractivity contribution in [2.75, 3.05) is 13.2 Å². The summed E-state index contributed by atoms with van der Waals surface area (Å²) >= 11 is 5.92. The molecule has 0 saturated heterocycles. The van der Waals surface area contributed by atoms with Crippen molar-refractivity contribution in [1.82, 2.24) is 9.78 Å². The van der Waals surface area contributed by atoms with E-state index in [1.165, 1.54) is 0 Å². The van der Waals surface area contributed by atoms with Crippen molar-refractivity contribution in [2.24, 2.45) is 0 Å². The van der Waals surface area contributed by atoms with Gasteiger partial charge in [-0.1, -0.05) is 35.9 Å². The minimum atomic E-state index is -0.408. The second kappa shape index (κ2) is 7.36. The van der Waals surface area contributed by atoms with Gasteiger partial charge in [0.25, 0.3) is 0 Å². The van der Waals surface area contributed by atoms with Crippen LogP contribution in [-0.2, 0) is 16.1 Å². The van der Waals surface area contributed by atoms with Crippen LogP contribution in [0.1, 0.15) is 12.5 Å². The summed E-state index contributed by atoms with van der Waals surface area (Å²) in [5.41, 5.74) is 2.01. The highest BCUT2D eigenvalue weighted by molar-refractivity contribution is 6.30. The van der Waals surface area contributed by atoms with Gasteiger partial charge in [-0.25, -0.2) is 4.79 Å². The summed E-state index contributed by atoms with van der Waals surface area (Å²) in [7, 11) is 0. The summed E-state index contributed by atoms with van der Waals surface area (Å²) in [5, 5.41) is 6.05. The minimum Gasteiger partial charge on any atom is -0.464 e. The van der Waals surface area contributed by atoms with Crippen LogP contribution in [0.3, 0.4) is 0 Å². The summed E-state index contributed by atoms with van der Waals surface area (Å²) in [6, 6.07) is 15.3. The molecule has 3 rings (SSSR count). The summed E-state index contributed by atoms with van der Waals surface area (Å²) in [5.74, 6) is 0.0152. The van der Waals surface area contributed by atoms with E-state index in [0.717, 1.165) is 16.5 Å². The summed E-state index contributed by atoms with van der Waals surface area (Å²) < 4.78 is 12.3. The van der Waals surface area contributed by atoms with Gasteiger partial charge in [0.1, 0.15) is 0 Å². The molecule has 0 unspecified atom stereocenters. The van der Waals surface area contributed by atoms with Crippen molar-refractivity contribution < 1.29 is 14.3 Å². The van der Waals surface area contributed by atoms with Crippen LogP contribution in [-0.4, -0.2) is 29.0 Å². The van der Waals surface area contributed by atoms with Gasteiger partial charge in [0, 0.05) is 5.02 Å². The summed E-state index contributed by atoms with van der Waals surface area (Å²) in [4.78, 5) is 11.5. The van der Waals surface area contributed by atoms with Crippen molar-refractivity contribution in [2.45, 2.75) is 13.5 Å². The average Bonchev–Trinajstić information content (AvgIpc) is 2.93. The number of fused-ring (bicyclic) bond motifs is 1. The molecule has 0 saturated carbocycles. The lowest BCUT2D eigenvalue weighted by Gasteiger charge is -2.04. The van der Waals surface area contributed by atoms with E-state index in [9.17, 15) is 4.79 Å². The number of hydrogen-bond acceptors (Lipinski definition) is 4. The Kier molecular flexibility index (Phi) is 5.01. The van der Waals surface area contributed by atoms with Gasteiger partial charge in [0.15, 0.2) is 6.61 Å². The molecule has 2 aromatic carbocycles. The van der Waals surface area contributed by atoms with Crippen LogP contribution in [0.4, 0.5) is 0 Å². The molecular formula is C18H17ClN2O3. The van der Waals surface area contributed by atoms with Crippen LogP contribution >= 0.6 is 11.6 Å². The van der Waals surface area contributed by atoms with Gasteiger partial charge >= 0.3 is 5.97 Å². The number of esters is 1. The van der Waals surface area contributed by atoms with Gasteiger partial charge in [-0.05, 0) is 36.8 Å². The smallest absolute Gasteiger partial charge is 0.344 e. The van der Waals surface area contributed by atoms with Crippen molar-refractivity contribution in [3.05, 3.63) is 59.1 Å². The van der Waals surface area contributed by atoms with E-state index in [1.807, 2.05) is 53.2 Å². The number of aromatic nitrogens is 2. The molecule has 0 fully saturated rings. The predicted octanol–water partition coefficient (Wildman–Crippen LogP) is 3.68. The maximum Gasteiger partial charge on any atom is 0.344 e. The van der Waals surface area contributed by atoms with Gasteiger partial charge in [-0.3, -0.25) is 4.68 Å². The number of halogens is 1. The lowest BCUT2D eigenvalue weighted by atomic mass is 10.2. The Morgan fingerprint density at radius 2 is 1.92 bits per heavy atom. The molecule has 0 aliphatic rings. The van der Waals surface area contributed by atoms with Crippen LogP contribution < -0.4 is 4.74 Å². The van der Waals surface area contributed by atoms with Gasteiger partial charge in [-0.15, -0.1) is 5.10 Å². The number of hydrogen-bond donors (Lipinski definition) is 0. The second-order valence-corrected chi connectivity index (χ2v) is 5.64. The first kappa shape index (κ1) is 16.3. The normalized spacial score (nSPS) is 10.8. The quantitative estimate of drug-likeness (QED) is 0.640. The molecule has 0 atom stereocenters. The van der Waals surface area contributed by atoms with Crippen LogP contribution in [0.25, 0.3) is 10.9 Å². The van der Waals surface area contributed by atoms with Crippen molar-refractivity contribution in [3.63, 3.8) is 0 Å². The first-order valence-electron chi connectivity index (χ1n) is 7.66. The van der Waals surface area contributed by atoms with E-state index >= 15 is 0 Å². The highest BCUT2D eigenvalue weighted by atomic mass is 35.5. The maximum absolute atomic E-state index is 11.5. The lowest BCUT2D eigenvalue weighted by Crippen LogP contribution is -2.15. The average molecular weight is 345 g/mol. The van der Waals surface area contributed by atoms with Crippen LogP contribution in [0, 0.1) is 0 Å². The molecule has 0 amide bonds. The van der Waals surface area contributed by atoms with Gasteiger partial charge in [0.2, 0.25) is 5.88 Å². The Labute approximate surface area is 144 Å². The lowest BCUT2D eigenvalue weighted by molar-refractivity contribution is -0.145. The number of rotatable bonds is 6. The van der Waals surface area contributed by atoms with E-state index in [4.69, 9.17) is 21.1 Å². The van der Waals surface area contributed by atoms with Gasteiger partial charge < -0.3 is 9.47 Å². The SMILES string of the molecule is CCOC(=O)COc1nn(Cc2ccc(Cl)cc2)c2ccccc12. The highest BCUT2D eigenvalue weighted by Crippen LogP contribution is 2.25. The van der Waals surface area contributed by atoms with E-state index < -0.39 is 5.97 Å². The number of benzene rings is 2. The zero-order valence-electron chi connectivity index (χ0n) is 13.2. The van der Waals surface area contributed by atoms with Crippen LogP contribution in [0.2, 0.25) is 5.02 Å². The number of para-hydroxylation sites is 1. The molecule has 1 heterocycles. The maximum atomic E-state index is 11.5. The summed E-state index contributed by atoms with van der Waals surface area (Å²) in [6.07, 6.45) is 0. The van der Waals surface area contributed by atoms with Gasteiger partial charge in [-0.2, -0.15) is 0 Å². The molecule has 0 aliphatic heterocycles. The molecule has 0 aliphatic carbocycles. The molecule has 5 nitrogen and oxygen atoms in total. The molecular weight excluding hydrogens is 328 g/mol. The number of carbonyl (C=O) groups excluding carboxylic acids is 1. The standard InChI is InChI=1S/C18H17ClN2O3/c1-2-23-17(22)12-24-18-15-5-3-4-6-16(15)21(20-18)11-13-7-9-14(19)10-8-13/h3-10H,2,11-12H2,1H3. The third-order valence-corrected chi connectivity index (χ3v) is 3.75. The molecule has 6 heteroatoms. The first-order valence-corrected chi connectivity index (χ1v) is 8.03. The zero-order valence-corrected chi connectivity index (χ0v) is 14.0. The molecule has 3 aromatic rings. The molecule has 0 bridgehead atoms. The Morgan fingerprint density at radius 1 is 1.17 bits per heavy atom. The topological polar surface area (TPSA) is 53.4 Å². The highest BCUT2D eigenvalue weighted by Gasteiger charge is 2.13. The molecule has 0 spiro atoms. The molecule has 124 valence electrons. The number of ether oxygens (including phenoxy) is 2. The van der Waals surface area contributed by atoms with Crippen LogP contribution in [0.5, 0.6) is 5.88 Å². The zero-order chi connectivity index (χ0) is 16.9. The Hall–Kier alpha value is -2.53. The molecule has 1 aromatic heterocycles. The third kappa shape index (κ3) is 3.68. The second-order valence-electron chi connectivity index (χ2n) is 5.20. The molecule has 0 radical (unpaired) electrons. The number of carbonyl (C=O) groups is 1. The van der Waals surface area contributed by atoms with Crippen molar-refractivity contribution in [1.29, 1.82) is 0 Å². The van der Waals surface area contributed by atoms with Gasteiger partial charge in [0.05, 0.1) is 24.1 Å². The van der Waals surface area contributed by atoms with Crippen molar-refractivity contribution in [3.8, 4) is 5.88 Å². The molecule has 24 heavy (non-hydrogen) atoms. The first-order chi connectivity index (χ1) is 11.7. The van der Waals surface area contributed by atoms with Crippen LogP contribution in [0.15, 0.2) is 48.5 Å². The number of nitrogens with zero attached hydrogens (tertiary/aromatic N) is 2. The van der Waals surface area contributed by atoms with Crippen molar-refractivity contribution >= 4 is 28.5 Å². The predicted molar refractivity (Wildman–Crippen MR) is 92.4 cm³/mol.